The zero-order valence-corrected chi connectivity index (χ0v) is 12.5. The molecule has 108 valence electrons. The molecule has 0 radical (unpaired) electrons. The Bertz CT molecular complexity index is 539. The van der Waals surface area contributed by atoms with Crippen LogP contribution < -0.4 is 5.32 Å². The van der Waals surface area contributed by atoms with Gasteiger partial charge in [-0.05, 0) is 30.2 Å². The van der Waals surface area contributed by atoms with E-state index in [1.807, 2.05) is 5.38 Å². The molecule has 0 spiro atoms. The summed E-state index contributed by atoms with van der Waals surface area (Å²) >= 11 is 1.54. The lowest BCUT2D eigenvalue weighted by Gasteiger charge is -2.19. The van der Waals surface area contributed by atoms with Crippen molar-refractivity contribution in [1.29, 1.82) is 0 Å². The molecule has 1 aromatic heterocycles. The third kappa shape index (κ3) is 3.85. The van der Waals surface area contributed by atoms with E-state index in [1.54, 1.807) is 23.5 Å². The summed E-state index contributed by atoms with van der Waals surface area (Å²) in [4.78, 5) is 4.53. The highest BCUT2D eigenvalue weighted by Crippen LogP contribution is 2.23. The summed E-state index contributed by atoms with van der Waals surface area (Å²) < 4.78 is 12.9. The second kappa shape index (κ2) is 6.92. The van der Waals surface area contributed by atoms with Crippen LogP contribution in [-0.4, -0.2) is 22.7 Å². The van der Waals surface area contributed by atoms with Gasteiger partial charge in [-0.15, -0.1) is 11.3 Å². The monoisotopic (exact) mass is 294 g/mol. The molecule has 1 atom stereocenters. The number of aliphatic hydroxyl groups excluding tert-OH is 1. The molecule has 2 N–H and O–H groups in total. The topological polar surface area (TPSA) is 45.1 Å². The second-order valence-electron chi connectivity index (χ2n) is 5.06. The number of hydrogen-bond donors (Lipinski definition) is 2. The standard InChI is InChI=1S/C15H19FN2OS/c1-10(2)14(8-19)17-7-13-9-20-15(18-13)11-3-5-12(16)6-4-11/h3-6,9-10,14,17,19H,7-8H2,1-2H3. The molecule has 0 aliphatic heterocycles. The van der Waals surface area contributed by atoms with E-state index >= 15 is 0 Å². The van der Waals surface area contributed by atoms with Crippen LogP contribution >= 0.6 is 11.3 Å². The first-order chi connectivity index (χ1) is 9.60. The summed E-state index contributed by atoms with van der Waals surface area (Å²) in [5.41, 5.74) is 1.86. The number of benzene rings is 1. The van der Waals surface area contributed by atoms with Crippen molar-refractivity contribution in [3.8, 4) is 10.6 Å². The van der Waals surface area contributed by atoms with Crippen LogP contribution in [0.1, 0.15) is 19.5 Å². The molecule has 0 aliphatic carbocycles. The lowest BCUT2D eigenvalue weighted by atomic mass is 10.1. The molecule has 20 heavy (non-hydrogen) atoms. The molecule has 0 saturated heterocycles. The molecule has 2 rings (SSSR count). The van der Waals surface area contributed by atoms with Gasteiger partial charge < -0.3 is 10.4 Å². The Balaban J connectivity index is 2.00. The fourth-order valence-corrected chi connectivity index (χ4v) is 2.69. The van der Waals surface area contributed by atoms with Crippen molar-refractivity contribution in [3.05, 3.63) is 41.2 Å². The minimum Gasteiger partial charge on any atom is -0.395 e. The van der Waals surface area contributed by atoms with Crippen molar-refractivity contribution in [2.24, 2.45) is 5.92 Å². The van der Waals surface area contributed by atoms with Gasteiger partial charge in [-0.3, -0.25) is 0 Å². The van der Waals surface area contributed by atoms with Crippen molar-refractivity contribution in [2.45, 2.75) is 26.4 Å². The van der Waals surface area contributed by atoms with Crippen molar-refractivity contribution >= 4 is 11.3 Å². The van der Waals surface area contributed by atoms with Crippen LogP contribution in [0.4, 0.5) is 4.39 Å². The van der Waals surface area contributed by atoms with Gasteiger partial charge in [0.05, 0.1) is 12.3 Å². The van der Waals surface area contributed by atoms with Crippen LogP contribution in [0.15, 0.2) is 29.6 Å². The molecule has 1 unspecified atom stereocenters. The SMILES string of the molecule is CC(C)C(CO)NCc1csc(-c2ccc(F)cc2)n1. The van der Waals surface area contributed by atoms with Crippen LogP contribution in [-0.2, 0) is 6.54 Å². The van der Waals surface area contributed by atoms with Crippen LogP contribution in [0.25, 0.3) is 10.6 Å². The van der Waals surface area contributed by atoms with Crippen LogP contribution in [0.5, 0.6) is 0 Å². The number of rotatable bonds is 6. The molecule has 0 aliphatic rings. The first kappa shape index (κ1) is 15.1. The molecule has 0 bridgehead atoms. The molecule has 1 aromatic carbocycles. The Morgan fingerprint density at radius 3 is 2.60 bits per heavy atom. The van der Waals surface area contributed by atoms with Gasteiger partial charge in [-0.2, -0.15) is 0 Å². The highest BCUT2D eigenvalue weighted by Gasteiger charge is 2.12. The summed E-state index contributed by atoms with van der Waals surface area (Å²) in [5, 5.41) is 15.4. The fraction of sp³-hybridized carbons (Fsp3) is 0.400. The van der Waals surface area contributed by atoms with Crippen LogP contribution in [0.3, 0.4) is 0 Å². The summed E-state index contributed by atoms with van der Waals surface area (Å²) in [5.74, 6) is 0.130. The summed E-state index contributed by atoms with van der Waals surface area (Å²) in [6.07, 6.45) is 0. The van der Waals surface area contributed by atoms with E-state index in [0.717, 1.165) is 16.3 Å². The molecular weight excluding hydrogens is 275 g/mol. The summed E-state index contributed by atoms with van der Waals surface area (Å²) in [6, 6.07) is 6.42. The number of halogens is 1. The summed E-state index contributed by atoms with van der Waals surface area (Å²) in [6.45, 7) is 4.88. The highest BCUT2D eigenvalue weighted by atomic mass is 32.1. The summed E-state index contributed by atoms with van der Waals surface area (Å²) in [7, 11) is 0. The predicted molar refractivity (Wildman–Crippen MR) is 80.1 cm³/mol. The number of thiazole rings is 1. The first-order valence-electron chi connectivity index (χ1n) is 6.64. The number of aliphatic hydroxyl groups is 1. The van der Waals surface area contributed by atoms with Gasteiger partial charge in [-0.25, -0.2) is 9.37 Å². The van der Waals surface area contributed by atoms with Crippen molar-refractivity contribution in [2.75, 3.05) is 6.61 Å². The van der Waals surface area contributed by atoms with E-state index in [-0.39, 0.29) is 18.5 Å². The van der Waals surface area contributed by atoms with Gasteiger partial charge in [0.25, 0.3) is 0 Å². The average Bonchev–Trinajstić information content (AvgIpc) is 2.89. The van der Waals surface area contributed by atoms with E-state index in [2.05, 4.69) is 24.1 Å². The number of nitrogens with zero attached hydrogens (tertiary/aromatic N) is 1. The molecule has 0 fully saturated rings. The van der Waals surface area contributed by atoms with Gasteiger partial charge in [0.2, 0.25) is 0 Å². The molecular formula is C15H19FN2OS. The molecule has 3 nitrogen and oxygen atoms in total. The highest BCUT2D eigenvalue weighted by molar-refractivity contribution is 7.13. The molecule has 2 aromatic rings. The Morgan fingerprint density at radius 1 is 1.30 bits per heavy atom. The number of nitrogens with one attached hydrogen (secondary N) is 1. The van der Waals surface area contributed by atoms with Crippen LogP contribution in [0, 0.1) is 11.7 Å². The second-order valence-corrected chi connectivity index (χ2v) is 5.92. The smallest absolute Gasteiger partial charge is 0.123 e. The maximum absolute atomic E-state index is 12.9. The van der Waals surface area contributed by atoms with Crippen molar-refractivity contribution in [1.82, 2.24) is 10.3 Å². The third-order valence-electron chi connectivity index (χ3n) is 3.19. The van der Waals surface area contributed by atoms with Gasteiger partial charge in [0.15, 0.2) is 0 Å². The third-order valence-corrected chi connectivity index (χ3v) is 4.13. The predicted octanol–water partition coefficient (Wildman–Crippen LogP) is 3.06. The molecule has 0 saturated carbocycles. The minimum atomic E-state index is -0.241. The Kier molecular flexibility index (Phi) is 5.23. The van der Waals surface area contributed by atoms with Crippen molar-refractivity contribution < 1.29 is 9.50 Å². The van der Waals surface area contributed by atoms with Gasteiger partial charge in [-0.1, -0.05) is 13.8 Å². The molecule has 5 heteroatoms. The maximum atomic E-state index is 12.9. The van der Waals surface area contributed by atoms with E-state index < -0.39 is 0 Å². The minimum absolute atomic E-state index is 0.0750. The van der Waals surface area contributed by atoms with Crippen molar-refractivity contribution in [3.63, 3.8) is 0 Å². The van der Waals surface area contributed by atoms with Gasteiger partial charge in [0.1, 0.15) is 10.8 Å². The lowest BCUT2D eigenvalue weighted by molar-refractivity contribution is 0.210. The first-order valence-corrected chi connectivity index (χ1v) is 7.52. The zero-order chi connectivity index (χ0) is 14.5. The van der Waals surface area contributed by atoms with E-state index in [9.17, 15) is 9.50 Å². The largest absolute Gasteiger partial charge is 0.395 e. The van der Waals surface area contributed by atoms with E-state index in [4.69, 9.17) is 0 Å². The molecule has 0 amide bonds. The Morgan fingerprint density at radius 2 is 2.00 bits per heavy atom. The molecule has 1 heterocycles. The lowest BCUT2D eigenvalue weighted by Crippen LogP contribution is -2.36. The number of aromatic nitrogens is 1. The van der Waals surface area contributed by atoms with Gasteiger partial charge >= 0.3 is 0 Å². The average molecular weight is 294 g/mol. The quantitative estimate of drug-likeness (QED) is 0.860. The van der Waals surface area contributed by atoms with E-state index in [1.165, 1.54) is 12.1 Å². The Labute approximate surface area is 122 Å². The van der Waals surface area contributed by atoms with Gasteiger partial charge in [0, 0.05) is 23.5 Å². The zero-order valence-electron chi connectivity index (χ0n) is 11.6. The normalized spacial score (nSPS) is 12.8. The number of hydrogen-bond acceptors (Lipinski definition) is 4. The fourth-order valence-electron chi connectivity index (χ4n) is 1.86. The Hall–Kier alpha value is -1.30. The van der Waals surface area contributed by atoms with Crippen LogP contribution in [0.2, 0.25) is 0 Å². The maximum Gasteiger partial charge on any atom is 0.123 e. The van der Waals surface area contributed by atoms with E-state index in [0.29, 0.717) is 12.5 Å².